The molecule has 0 radical (unpaired) electrons. The van der Waals surface area contributed by atoms with Crippen LogP contribution in [-0.4, -0.2) is 96.7 Å². The number of carbonyl (C=O) groups is 4. The van der Waals surface area contributed by atoms with Crippen LogP contribution in [0.4, 0.5) is 0 Å². The second kappa shape index (κ2) is 79.8. The maximum Gasteiger partial charge on any atom is 0.472 e. The van der Waals surface area contributed by atoms with E-state index in [1.165, 1.54) is 51.4 Å². The monoisotopic (exact) mass is 1550 g/mol. The van der Waals surface area contributed by atoms with Crippen LogP contribution in [-0.2, 0) is 65.4 Å². The Morgan fingerprint density at radius 2 is 0.500 bits per heavy atom. The van der Waals surface area contributed by atoms with E-state index in [0.717, 1.165) is 186 Å². The molecule has 0 heterocycles. The molecule has 5 unspecified atom stereocenters. The highest BCUT2D eigenvalue weighted by Crippen LogP contribution is 2.45. The molecule has 0 aliphatic heterocycles. The molecule has 19 heteroatoms. The van der Waals surface area contributed by atoms with Crippen molar-refractivity contribution in [3.63, 3.8) is 0 Å². The first-order chi connectivity index (χ1) is 52.7. The van der Waals surface area contributed by atoms with Crippen LogP contribution in [0.3, 0.4) is 0 Å². The Labute approximate surface area is 655 Å². The molecule has 3 N–H and O–H groups in total. The Morgan fingerprint density at radius 3 is 0.796 bits per heavy atom. The van der Waals surface area contributed by atoms with Gasteiger partial charge in [0.15, 0.2) is 12.2 Å². The smallest absolute Gasteiger partial charge is 0.462 e. The van der Waals surface area contributed by atoms with Crippen molar-refractivity contribution in [2.75, 3.05) is 39.6 Å². The van der Waals surface area contributed by atoms with E-state index in [1.54, 1.807) is 0 Å². The lowest BCUT2D eigenvalue weighted by Crippen LogP contribution is -2.30. The first-order valence-electron chi connectivity index (χ1n) is 41.7. The lowest BCUT2D eigenvalue weighted by molar-refractivity contribution is -0.161. The first-order valence-corrected chi connectivity index (χ1v) is 44.7. The summed E-state index contributed by atoms with van der Waals surface area (Å²) < 4.78 is 68.7. The van der Waals surface area contributed by atoms with Crippen molar-refractivity contribution in [2.24, 2.45) is 0 Å². The second-order valence-electron chi connectivity index (χ2n) is 27.3. The van der Waals surface area contributed by atoms with Crippen LogP contribution in [0.25, 0.3) is 0 Å². The standard InChI is InChI=1S/C89H148O17P2/c1-5-9-13-17-21-25-29-33-36-39-41-44-46-50-53-57-61-65-69-73-86(91)99-79-84(105-88(93)75-71-67-63-59-55-49-32-28-24-20-16-12-8-4)81-103-107(95,96)101-77-83(90)78-102-108(97,98)104-82-85(106-89(94)76-72-68-64-60-56-52-48-43-38-35-31-27-23-19-15-11-7-3)80-100-87(92)74-70-66-62-58-54-51-47-45-42-40-37-34-30-26-22-18-14-10-6-2/h9-11,13-15,21-23,25-27,33-38,41-42,44-45,50,53,61,65,83-85,90H,5-8,12,16-20,24,28-32,39-40,43,46-49,51-52,54-60,62-64,66-82H2,1-4H3,(H,95,96)(H,97,98)/b13-9-,14-10-,15-11-,25-21-,26-22-,27-23-,36-33-,37-34-,38-35-,44-41-,45-42-,53-50-,65-61-. The lowest BCUT2D eigenvalue weighted by Gasteiger charge is -2.21. The van der Waals surface area contributed by atoms with Gasteiger partial charge in [0.2, 0.25) is 0 Å². The number of unbranched alkanes of at least 4 members (excludes halogenated alkanes) is 25. The largest absolute Gasteiger partial charge is 0.472 e. The van der Waals surface area contributed by atoms with E-state index < -0.39 is 97.5 Å². The van der Waals surface area contributed by atoms with E-state index in [9.17, 15) is 43.2 Å². The number of carbonyl (C=O) groups excluding carboxylic acids is 4. The molecule has 0 rings (SSSR count). The predicted molar refractivity (Wildman–Crippen MR) is 445 cm³/mol. The molecule has 0 aromatic rings. The fourth-order valence-electron chi connectivity index (χ4n) is 10.8. The molecule has 0 aliphatic carbocycles. The molecule has 0 bridgehead atoms. The van der Waals surface area contributed by atoms with E-state index in [4.69, 9.17) is 37.0 Å². The molecule has 0 saturated heterocycles. The Bertz CT molecular complexity index is 2660. The zero-order valence-corrected chi connectivity index (χ0v) is 69.3. The topological polar surface area (TPSA) is 237 Å². The van der Waals surface area contributed by atoms with Crippen LogP contribution >= 0.6 is 15.6 Å². The van der Waals surface area contributed by atoms with E-state index in [0.29, 0.717) is 32.1 Å². The van der Waals surface area contributed by atoms with Crippen molar-refractivity contribution in [3.8, 4) is 0 Å². The average molecular weight is 1550 g/mol. The molecule has 0 saturated carbocycles. The number of aliphatic hydroxyl groups excluding tert-OH is 1. The number of aliphatic hydroxyl groups is 1. The summed E-state index contributed by atoms with van der Waals surface area (Å²) in [6.45, 7) is 4.45. The number of allylic oxidation sites excluding steroid dienone is 26. The minimum absolute atomic E-state index is 0.0341. The summed E-state index contributed by atoms with van der Waals surface area (Å²) in [4.78, 5) is 73.2. The molecular weight excluding hydrogens is 1400 g/mol. The van der Waals surface area contributed by atoms with E-state index in [1.807, 2.05) is 18.2 Å². The van der Waals surface area contributed by atoms with Crippen molar-refractivity contribution < 1.29 is 80.2 Å². The molecule has 0 spiro atoms. The summed E-state index contributed by atoms with van der Waals surface area (Å²) in [5, 5.41) is 10.7. The molecule has 0 aliphatic rings. The average Bonchev–Trinajstić information content (AvgIpc) is 0.916. The molecule has 5 atom stereocenters. The molecule has 616 valence electrons. The van der Waals surface area contributed by atoms with Gasteiger partial charge in [-0.1, -0.05) is 321 Å². The molecular formula is C89H148O17P2. The minimum atomic E-state index is -5.00. The molecule has 0 amide bonds. The van der Waals surface area contributed by atoms with Gasteiger partial charge in [-0.15, -0.1) is 0 Å². The Balaban J connectivity index is 5.44. The van der Waals surface area contributed by atoms with E-state index in [-0.39, 0.29) is 25.7 Å². The summed E-state index contributed by atoms with van der Waals surface area (Å²) in [7, 11) is -10.00. The van der Waals surface area contributed by atoms with Crippen molar-refractivity contribution in [2.45, 2.75) is 341 Å². The molecule has 108 heavy (non-hydrogen) atoms. The Kier molecular flexibility index (Phi) is 75.8. The summed E-state index contributed by atoms with van der Waals surface area (Å²) in [6.07, 6.45) is 93.6. The summed E-state index contributed by atoms with van der Waals surface area (Å²) in [5.74, 6) is -2.30. The highest BCUT2D eigenvalue weighted by Gasteiger charge is 2.30. The van der Waals surface area contributed by atoms with Gasteiger partial charge in [-0.2, -0.15) is 0 Å². The van der Waals surface area contributed by atoms with Crippen molar-refractivity contribution >= 4 is 39.5 Å². The fourth-order valence-corrected chi connectivity index (χ4v) is 12.4. The van der Waals surface area contributed by atoms with Gasteiger partial charge in [-0.25, -0.2) is 9.13 Å². The number of hydrogen-bond donors (Lipinski definition) is 3. The Hall–Kier alpha value is -5.32. The number of phosphoric ester groups is 2. The van der Waals surface area contributed by atoms with Gasteiger partial charge in [0.05, 0.1) is 26.4 Å². The normalized spacial score (nSPS) is 14.6. The van der Waals surface area contributed by atoms with E-state index >= 15 is 0 Å². The van der Waals surface area contributed by atoms with Crippen molar-refractivity contribution in [1.29, 1.82) is 0 Å². The number of ether oxygens (including phenoxy) is 4. The Morgan fingerprint density at radius 1 is 0.269 bits per heavy atom. The summed E-state index contributed by atoms with van der Waals surface area (Å²) in [5.41, 5.74) is 0. The molecule has 0 fully saturated rings. The van der Waals surface area contributed by atoms with Gasteiger partial charge in [0, 0.05) is 25.7 Å². The number of rotatable bonds is 77. The van der Waals surface area contributed by atoms with Crippen molar-refractivity contribution in [1.82, 2.24) is 0 Å². The zero-order chi connectivity index (χ0) is 78.9. The van der Waals surface area contributed by atoms with Crippen LogP contribution < -0.4 is 0 Å². The van der Waals surface area contributed by atoms with Gasteiger partial charge >= 0.3 is 39.5 Å². The predicted octanol–water partition coefficient (Wildman–Crippen LogP) is 24.8. The number of esters is 4. The molecule has 17 nitrogen and oxygen atoms in total. The third-order valence-electron chi connectivity index (χ3n) is 17.0. The van der Waals surface area contributed by atoms with Gasteiger partial charge in [0.25, 0.3) is 0 Å². The summed E-state index contributed by atoms with van der Waals surface area (Å²) >= 11 is 0. The number of hydrogen-bond acceptors (Lipinski definition) is 15. The van der Waals surface area contributed by atoms with Crippen LogP contribution in [0.1, 0.15) is 323 Å². The quantitative estimate of drug-likeness (QED) is 0.0169. The van der Waals surface area contributed by atoms with Crippen molar-refractivity contribution in [3.05, 3.63) is 158 Å². The highest BCUT2D eigenvalue weighted by molar-refractivity contribution is 7.47. The van der Waals surface area contributed by atoms with Crippen LogP contribution in [0.5, 0.6) is 0 Å². The fraction of sp³-hybridized carbons (Fsp3) is 0.663. The minimum Gasteiger partial charge on any atom is -0.462 e. The highest BCUT2D eigenvalue weighted by atomic mass is 31.2. The first kappa shape index (κ1) is 103. The van der Waals surface area contributed by atoms with Gasteiger partial charge in [-0.3, -0.25) is 37.3 Å². The van der Waals surface area contributed by atoms with Gasteiger partial charge < -0.3 is 33.8 Å². The number of phosphoric acid groups is 2. The van der Waals surface area contributed by atoms with Crippen LogP contribution in [0.2, 0.25) is 0 Å². The SMILES string of the molecule is CC/C=C\C/C=C\C/C=C\C/C=C\C/C=C\C/C=C\CCC(=O)OCC(COP(=O)(O)OCC(O)COP(=O)(O)OCC(COC(=O)CCCCCCCC/C=C\C/C=C\C/C=C\C/C=C\CC)OC(=O)CCCCCCCCC/C=C\C/C=C\C/C=C\CC)OC(=O)CCCCCCCCCCCCCCC. The third-order valence-corrected chi connectivity index (χ3v) is 18.9. The summed E-state index contributed by atoms with van der Waals surface area (Å²) in [6, 6.07) is 0. The lowest BCUT2D eigenvalue weighted by atomic mass is 10.0. The maximum absolute atomic E-state index is 13.1. The maximum atomic E-state index is 13.1. The second-order valence-corrected chi connectivity index (χ2v) is 30.2. The molecule has 0 aromatic heterocycles. The van der Waals surface area contributed by atoms with Gasteiger partial charge in [-0.05, 0) is 135 Å². The van der Waals surface area contributed by atoms with Crippen LogP contribution in [0.15, 0.2) is 158 Å². The van der Waals surface area contributed by atoms with E-state index in [2.05, 4.69) is 167 Å². The zero-order valence-electron chi connectivity index (χ0n) is 67.5. The van der Waals surface area contributed by atoms with Gasteiger partial charge in [0.1, 0.15) is 19.3 Å². The van der Waals surface area contributed by atoms with Crippen LogP contribution in [0, 0.1) is 0 Å². The molecule has 0 aromatic carbocycles. The third kappa shape index (κ3) is 78.8.